The molecule has 0 saturated carbocycles. The minimum atomic E-state index is -3.37. The third-order valence-electron chi connectivity index (χ3n) is 5.24. The third-order valence-corrected chi connectivity index (χ3v) is 7.33. The zero-order valence-corrected chi connectivity index (χ0v) is 15.3. The van der Waals surface area contributed by atoms with Gasteiger partial charge in [-0.2, -0.15) is 17.0 Å². The van der Waals surface area contributed by atoms with Crippen LogP contribution in [0.2, 0.25) is 0 Å². The maximum absolute atomic E-state index is 12.9. The number of aliphatic hydroxyl groups excluding tert-OH is 1. The van der Waals surface area contributed by atoms with Crippen LogP contribution in [0, 0.1) is 11.3 Å². The van der Waals surface area contributed by atoms with Crippen molar-refractivity contribution in [1.29, 1.82) is 0 Å². The SMILES string of the molecule is C[C@H](O)C[C@@H]1CCCN1S(=O)(=O)N1CCC(C(C)(C)C)CC1. The highest BCUT2D eigenvalue weighted by Gasteiger charge is 2.40. The quantitative estimate of drug-likeness (QED) is 0.859. The van der Waals surface area contributed by atoms with Gasteiger partial charge in [-0.15, -0.1) is 0 Å². The van der Waals surface area contributed by atoms with E-state index in [9.17, 15) is 13.5 Å². The molecule has 2 aliphatic heterocycles. The largest absolute Gasteiger partial charge is 0.393 e. The van der Waals surface area contributed by atoms with E-state index in [0.29, 0.717) is 32.0 Å². The summed E-state index contributed by atoms with van der Waals surface area (Å²) in [5.41, 5.74) is 0.248. The number of nitrogens with zero attached hydrogens (tertiary/aromatic N) is 2. The first kappa shape index (κ1) is 18.2. The molecule has 2 heterocycles. The molecule has 0 bridgehead atoms. The van der Waals surface area contributed by atoms with Gasteiger partial charge in [0.2, 0.25) is 0 Å². The minimum absolute atomic E-state index is 0.0367. The van der Waals surface area contributed by atoms with Crippen molar-refractivity contribution in [2.75, 3.05) is 19.6 Å². The fourth-order valence-corrected chi connectivity index (χ4v) is 5.74. The Balaban J connectivity index is 2.02. The molecule has 2 saturated heterocycles. The van der Waals surface area contributed by atoms with E-state index >= 15 is 0 Å². The van der Waals surface area contributed by atoms with Crippen LogP contribution in [0.25, 0.3) is 0 Å². The average molecular weight is 333 g/mol. The summed E-state index contributed by atoms with van der Waals surface area (Å²) in [6, 6.07) is -0.0367. The molecule has 5 nitrogen and oxygen atoms in total. The van der Waals surface area contributed by atoms with Crippen LogP contribution in [0.4, 0.5) is 0 Å². The highest BCUT2D eigenvalue weighted by Crippen LogP contribution is 2.36. The molecule has 0 aliphatic carbocycles. The molecule has 2 fully saturated rings. The van der Waals surface area contributed by atoms with Gasteiger partial charge in [-0.1, -0.05) is 20.8 Å². The number of rotatable bonds is 4. The fourth-order valence-electron chi connectivity index (χ4n) is 3.84. The summed E-state index contributed by atoms with van der Waals surface area (Å²) in [6.07, 6.45) is 3.73. The van der Waals surface area contributed by atoms with Crippen LogP contribution in [0.15, 0.2) is 0 Å². The summed E-state index contributed by atoms with van der Waals surface area (Å²) in [6.45, 7) is 10.3. The van der Waals surface area contributed by atoms with E-state index in [-0.39, 0.29) is 11.5 Å². The van der Waals surface area contributed by atoms with Crippen molar-refractivity contribution >= 4 is 10.2 Å². The zero-order valence-electron chi connectivity index (χ0n) is 14.5. The van der Waals surface area contributed by atoms with E-state index in [4.69, 9.17) is 0 Å². The van der Waals surface area contributed by atoms with E-state index in [1.165, 1.54) is 0 Å². The lowest BCUT2D eigenvalue weighted by Crippen LogP contribution is -2.50. The highest BCUT2D eigenvalue weighted by atomic mass is 32.2. The van der Waals surface area contributed by atoms with E-state index in [1.807, 2.05) is 0 Å². The first-order valence-corrected chi connectivity index (χ1v) is 9.97. The van der Waals surface area contributed by atoms with Gasteiger partial charge in [-0.25, -0.2) is 0 Å². The van der Waals surface area contributed by atoms with Crippen molar-refractivity contribution in [3.05, 3.63) is 0 Å². The number of hydrogen-bond donors (Lipinski definition) is 1. The average Bonchev–Trinajstić information content (AvgIpc) is 2.86. The maximum Gasteiger partial charge on any atom is 0.282 e. The van der Waals surface area contributed by atoms with Gasteiger partial charge in [-0.3, -0.25) is 0 Å². The van der Waals surface area contributed by atoms with Crippen LogP contribution in [-0.4, -0.2) is 53.9 Å². The van der Waals surface area contributed by atoms with Crippen LogP contribution in [0.1, 0.15) is 59.8 Å². The molecule has 2 aliphatic rings. The molecule has 6 heteroatoms. The van der Waals surface area contributed by atoms with Gasteiger partial charge in [0.25, 0.3) is 10.2 Å². The number of piperidine rings is 1. The Hall–Kier alpha value is -0.170. The molecule has 0 amide bonds. The van der Waals surface area contributed by atoms with Gasteiger partial charge < -0.3 is 5.11 Å². The molecule has 0 aromatic carbocycles. The molecule has 0 aromatic rings. The molecule has 2 atom stereocenters. The molecule has 0 radical (unpaired) electrons. The topological polar surface area (TPSA) is 60.9 Å². The highest BCUT2D eigenvalue weighted by molar-refractivity contribution is 7.86. The van der Waals surface area contributed by atoms with Crippen molar-refractivity contribution in [3.63, 3.8) is 0 Å². The lowest BCUT2D eigenvalue weighted by atomic mass is 9.76. The second kappa shape index (κ2) is 6.75. The van der Waals surface area contributed by atoms with Crippen molar-refractivity contribution in [2.45, 2.75) is 71.9 Å². The Morgan fingerprint density at radius 1 is 1.14 bits per heavy atom. The van der Waals surface area contributed by atoms with E-state index < -0.39 is 16.3 Å². The van der Waals surface area contributed by atoms with Gasteiger partial charge in [0, 0.05) is 25.7 Å². The first-order valence-electron chi connectivity index (χ1n) is 8.57. The maximum atomic E-state index is 12.9. The van der Waals surface area contributed by atoms with Gasteiger partial charge in [-0.05, 0) is 50.4 Å². The lowest BCUT2D eigenvalue weighted by Gasteiger charge is -2.40. The van der Waals surface area contributed by atoms with Crippen molar-refractivity contribution in [3.8, 4) is 0 Å². The standard InChI is InChI=1S/C16H32N2O3S/c1-13(19)12-15-6-5-9-18(15)22(20,21)17-10-7-14(8-11-17)16(2,3)4/h13-15,19H,5-12H2,1-4H3/t13-,15-/m0/s1. The Morgan fingerprint density at radius 2 is 1.73 bits per heavy atom. The second-order valence-corrected chi connectivity index (χ2v) is 9.92. The smallest absolute Gasteiger partial charge is 0.282 e. The second-order valence-electron chi connectivity index (χ2n) is 8.04. The fraction of sp³-hybridized carbons (Fsp3) is 1.00. The molecule has 22 heavy (non-hydrogen) atoms. The summed E-state index contributed by atoms with van der Waals surface area (Å²) < 4.78 is 29.1. The molecule has 0 unspecified atom stereocenters. The van der Waals surface area contributed by atoms with Crippen molar-refractivity contribution in [1.82, 2.24) is 8.61 Å². The predicted octanol–water partition coefficient (Wildman–Crippen LogP) is 2.22. The third kappa shape index (κ3) is 4.02. The normalized spacial score (nSPS) is 28.1. The predicted molar refractivity (Wildman–Crippen MR) is 88.7 cm³/mol. The van der Waals surface area contributed by atoms with Crippen LogP contribution >= 0.6 is 0 Å². The minimum Gasteiger partial charge on any atom is -0.393 e. The molecule has 2 rings (SSSR count). The van der Waals surface area contributed by atoms with Crippen LogP contribution in [0.5, 0.6) is 0 Å². The zero-order chi connectivity index (χ0) is 16.5. The Kier molecular flexibility index (Phi) is 5.58. The molecule has 1 N–H and O–H groups in total. The Labute approximate surface area is 135 Å². The number of hydrogen-bond acceptors (Lipinski definition) is 3. The van der Waals surface area contributed by atoms with Gasteiger partial charge in [0.05, 0.1) is 6.10 Å². The van der Waals surface area contributed by atoms with E-state index in [2.05, 4.69) is 20.8 Å². The van der Waals surface area contributed by atoms with E-state index in [1.54, 1.807) is 15.5 Å². The van der Waals surface area contributed by atoms with Crippen LogP contribution in [0.3, 0.4) is 0 Å². The Bertz CT molecular complexity index is 462. The van der Waals surface area contributed by atoms with Gasteiger partial charge in [0.15, 0.2) is 0 Å². The lowest BCUT2D eigenvalue weighted by molar-refractivity contribution is 0.140. The molecule has 0 spiro atoms. The van der Waals surface area contributed by atoms with Crippen molar-refractivity contribution < 1.29 is 13.5 Å². The van der Waals surface area contributed by atoms with Gasteiger partial charge in [0.1, 0.15) is 0 Å². The summed E-state index contributed by atoms with van der Waals surface area (Å²) in [7, 11) is -3.37. The summed E-state index contributed by atoms with van der Waals surface area (Å²) in [5, 5.41) is 9.60. The van der Waals surface area contributed by atoms with Gasteiger partial charge >= 0.3 is 0 Å². The summed E-state index contributed by atoms with van der Waals surface area (Å²) in [4.78, 5) is 0. The molecule has 130 valence electrons. The number of aliphatic hydroxyl groups is 1. The first-order chi connectivity index (χ1) is 10.1. The summed E-state index contributed by atoms with van der Waals surface area (Å²) >= 11 is 0. The van der Waals surface area contributed by atoms with Crippen LogP contribution < -0.4 is 0 Å². The summed E-state index contributed by atoms with van der Waals surface area (Å²) in [5.74, 6) is 0.589. The van der Waals surface area contributed by atoms with Crippen molar-refractivity contribution in [2.24, 2.45) is 11.3 Å². The molecule has 0 aromatic heterocycles. The Morgan fingerprint density at radius 3 is 2.23 bits per heavy atom. The monoisotopic (exact) mass is 332 g/mol. The van der Waals surface area contributed by atoms with E-state index in [0.717, 1.165) is 25.7 Å². The molecular weight excluding hydrogens is 300 g/mol. The molecular formula is C16H32N2O3S. The van der Waals surface area contributed by atoms with Crippen LogP contribution in [-0.2, 0) is 10.2 Å².